The Hall–Kier alpha value is -3.40. The number of aryl methyl sites for hydroxylation is 1. The highest BCUT2D eigenvalue weighted by Crippen LogP contribution is 2.27. The van der Waals surface area contributed by atoms with Crippen molar-refractivity contribution in [3.63, 3.8) is 0 Å². The van der Waals surface area contributed by atoms with E-state index in [0.717, 1.165) is 22.3 Å². The van der Waals surface area contributed by atoms with Crippen LogP contribution in [-0.4, -0.2) is 23.6 Å². The van der Waals surface area contributed by atoms with Gasteiger partial charge in [0.25, 0.3) is 5.56 Å². The maximum atomic E-state index is 13.6. The number of rotatable bonds is 4. The number of fused-ring (bicyclic) bond motifs is 1. The molecule has 0 saturated carbocycles. The molecule has 4 nitrogen and oxygen atoms in total. The van der Waals surface area contributed by atoms with E-state index in [1.54, 1.807) is 0 Å². The van der Waals surface area contributed by atoms with E-state index in [9.17, 15) is 4.79 Å². The van der Waals surface area contributed by atoms with Crippen LogP contribution in [0.3, 0.4) is 0 Å². The maximum Gasteiger partial charge on any atom is 0.262 e. The molecule has 1 heterocycles. The average molecular weight is 369 g/mol. The number of anilines is 1. The lowest BCUT2D eigenvalue weighted by Crippen LogP contribution is -2.29. The van der Waals surface area contributed by atoms with Gasteiger partial charge in [-0.05, 0) is 36.2 Å². The molecule has 28 heavy (non-hydrogen) atoms. The summed E-state index contributed by atoms with van der Waals surface area (Å²) in [5.41, 5.74) is 3.80. The predicted octanol–water partition coefficient (Wildman–Crippen LogP) is 4.41. The Balaban J connectivity index is 2.02. The van der Waals surface area contributed by atoms with Gasteiger partial charge in [-0.2, -0.15) is 0 Å². The lowest BCUT2D eigenvalue weighted by molar-refractivity contribution is 0.620. The molecule has 3 aromatic carbocycles. The molecule has 0 N–H and O–H groups in total. The summed E-state index contributed by atoms with van der Waals surface area (Å²) in [6.07, 6.45) is 0. The van der Waals surface area contributed by atoms with Crippen LogP contribution in [0.25, 0.3) is 10.9 Å². The highest BCUT2D eigenvalue weighted by atomic mass is 16.1. The summed E-state index contributed by atoms with van der Waals surface area (Å²) in [6, 6.07) is 25.8. The van der Waals surface area contributed by atoms with E-state index in [1.807, 2.05) is 85.1 Å². The van der Waals surface area contributed by atoms with Gasteiger partial charge in [0.05, 0.1) is 16.9 Å². The van der Waals surface area contributed by atoms with Crippen LogP contribution in [0.1, 0.15) is 23.0 Å². The second-order valence-electron chi connectivity index (χ2n) is 7.15. The minimum atomic E-state index is -0.227. The van der Waals surface area contributed by atoms with Gasteiger partial charge in [-0.15, -0.1) is 0 Å². The molecule has 0 atom stereocenters. The largest absolute Gasteiger partial charge is 0.378 e. The van der Waals surface area contributed by atoms with Crippen molar-refractivity contribution >= 4 is 16.6 Å². The van der Waals surface area contributed by atoms with E-state index in [4.69, 9.17) is 4.98 Å². The molecule has 140 valence electrons. The second kappa shape index (κ2) is 7.31. The highest BCUT2D eigenvalue weighted by molar-refractivity contribution is 5.81. The lowest BCUT2D eigenvalue weighted by Gasteiger charge is -2.23. The maximum absolute atomic E-state index is 13.6. The lowest BCUT2D eigenvalue weighted by atomic mass is 9.98. The topological polar surface area (TPSA) is 38.1 Å². The number of hydrogen-bond acceptors (Lipinski definition) is 3. The van der Waals surface area contributed by atoms with E-state index in [1.165, 1.54) is 0 Å². The Morgan fingerprint density at radius 3 is 1.96 bits per heavy atom. The molecule has 0 amide bonds. The van der Waals surface area contributed by atoms with E-state index in [-0.39, 0.29) is 11.6 Å². The Morgan fingerprint density at radius 1 is 0.857 bits per heavy atom. The van der Waals surface area contributed by atoms with Gasteiger partial charge in [0.15, 0.2) is 0 Å². The fourth-order valence-corrected chi connectivity index (χ4v) is 3.64. The summed E-state index contributed by atoms with van der Waals surface area (Å²) in [6.45, 7) is 1.90. The first kappa shape index (κ1) is 18.0. The van der Waals surface area contributed by atoms with Crippen molar-refractivity contribution in [1.82, 2.24) is 9.55 Å². The zero-order valence-electron chi connectivity index (χ0n) is 16.3. The smallest absolute Gasteiger partial charge is 0.262 e. The summed E-state index contributed by atoms with van der Waals surface area (Å²) < 4.78 is 1.81. The Morgan fingerprint density at radius 2 is 1.43 bits per heavy atom. The summed E-state index contributed by atoms with van der Waals surface area (Å²) >= 11 is 0. The van der Waals surface area contributed by atoms with Crippen molar-refractivity contribution in [3.05, 3.63) is 106 Å². The molecule has 1 aromatic heterocycles. The molecule has 0 spiro atoms. The van der Waals surface area contributed by atoms with Crippen molar-refractivity contribution in [2.24, 2.45) is 0 Å². The summed E-state index contributed by atoms with van der Waals surface area (Å²) in [5.74, 6) is 0.702. The van der Waals surface area contributed by atoms with E-state index >= 15 is 0 Å². The molecule has 4 heteroatoms. The zero-order chi connectivity index (χ0) is 19.7. The number of nitrogens with zero attached hydrogens (tertiary/aromatic N) is 3. The van der Waals surface area contributed by atoms with Gasteiger partial charge in [0, 0.05) is 19.8 Å². The number of hydrogen-bond donors (Lipinski definition) is 0. The second-order valence-corrected chi connectivity index (χ2v) is 7.15. The van der Waals surface area contributed by atoms with Gasteiger partial charge in [-0.25, -0.2) is 4.98 Å². The quantitative estimate of drug-likeness (QED) is 0.535. The number of benzene rings is 3. The van der Waals surface area contributed by atoms with Crippen molar-refractivity contribution in [2.45, 2.75) is 13.0 Å². The van der Waals surface area contributed by atoms with E-state index in [2.05, 4.69) is 24.3 Å². The normalized spacial score (nSPS) is 11.1. The molecule has 0 unspecified atom stereocenters. The van der Waals surface area contributed by atoms with E-state index < -0.39 is 0 Å². The van der Waals surface area contributed by atoms with Gasteiger partial charge in [-0.3, -0.25) is 9.36 Å². The van der Waals surface area contributed by atoms with E-state index in [0.29, 0.717) is 11.2 Å². The molecule has 0 saturated heterocycles. The molecule has 0 aliphatic carbocycles. The predicted molar refractivity (Wildman–Crippen MR) is 115 cm³/mol. The van der Waals surface area contributed by atoms with Crippen molar-refractivity contribution in [2.75, 3.05) is 19.0 Å². The van der Waals surface area contributed by atoms with Crippen molar-refractivity contribution < 1.29 is 0 Å². The van der Waals surface area contributed by atoms with Crippen LogP contribution in [0, 0.1) is 6.92 Å². The van der Waals surface area contributed by atoms with Crippen LogP contribution in [-0.2, 0) is 0 Å². The molecule has 0 fully saturated rings. The third kappa shape index (κ3) is 3.18. The molecule has 4 rings (SSSR count). The summed E-state index contributed by atoms with van der Waals surface area (Å²) in [4.78, 5) is 20.4. The van der Waals surface area contributed by atoms with Crippen molar-refractivity contribution in [3.8, 4) is 0 Å². The minimum Gasteiger partial charge on any atom is -0.378 e. The highest BCUT2D eigenvalue weighted by Gasteiger charge is 2.21. The van der Waals surface area contributed by atoms with Crippen LogP contribution in [0.15, 0.2) is 83.7 Å². The van der Waals surface area contributed by atoms with Gasteiger partial charge in [-0.1, -0.05) is 60.7 Å². The molecular formula is C24H23N3O. The average Bonchev–Trinajstić information content (AvgIpc) is 2.72. The van der Waals surface area contributed by atoms with Crippen molar-refractivity contribution in [1.29, 1.82) is 0 Å². The molecule has 0 aliphatic rings. The molecule has 0 bridgehead atoms. The minimum absolute atomic E-state index is 0.0242. The SMILES string of the molecule is Cc1nc2ccc(N(C)C)cc2c(=O)n1C(c1ccccc1)c1ccccc1. The summed E-state index contributed by atoms with van der Waals surface area (Å²) in [7, 11) is 3.94. The van der Waals surface area contributed by atoms with Crippen LogP contribution in [0.4, 0.5) is 5.69 Å². The Labute approximate surface area is 164 Å². The molecule has 4 aromatic rings. The van der Waals surface area contributed by atoms with Gasteiger partial charge in [0.1, 0.15) is 5.82 Å². The van der Waals surface area contributed by atoms with Crippen LogP contribution in [0.5, 0.6) is 0 Å². The standard InChI is InChI=1S/C24H23N3O/c1-17-25-22-15-14-20(26(2)3)16-21(22)24(28)27(17)23(18-10-6-4-7-11-18)19-12-8-5-9-13-19/h4-16,23H,1-3H3. The third-order valence-electron chi connectivity index (χ3n) is 5.07. The monoisotopic (exact) mass is 369 g/mol. The fourth-order valence-electron chi connectivity index (χ4n) is 3.64. The van der Waals surface area contributed by atoms with Gasteiger partial charge >= 0.3 is 0 Å². The molecular weight excluding hydrogens is 346 g/mol. The Bertz CT molecular complexity index is 1130. The zero-order valence-corrected chi connectivity index (χ0v) is 16.3. The first-order valence-electron chi connectivity index (χ1n) is 9.36. The first-order valence-corrected chi connectivity index (χ1v) is 9.36. The number of aromatic nitrogens is 2. The third-order valence-corrected chi connectivity index (χ3v) is 5.07. The van der Waals surface area contributed by atoms with Crippen LogP contribution < -0.4 is 10.5 Å². The van der Waals surface area contributed by atoms with Gasteiger partial charge in [0.2, 0.25) is 0 Å². The van der Waals surface area contributed by atoms with Gasteiger partial charge < -0.3 is 4.90 Å². The Kier molecular flexibility index (Phi) is 4.70. The first-order chi connectivity index (χ1) is 13.6. The fraction of sp³-hybridized carbons (Fsp3) is 0.167. The molecule has 0 aliphatic heterocycles. The van der Waals surface area contributed by atoms with Crippen LogP contribution in [0.2, 0.25) is 0 Å². The summed E-state index contributed by atoms with van der Waals surface area (Å²) in [5, 5.41) is 0.633. The van der Waals surface area contributed by atoms with Crippen LogP contribution >= 0.6 is 0 Å². The molecule has 0 radical (unpaired) electrons.